The molecule has 0 spiro atoms. The highest BCUT2D eigenvalue weighted by Gasteiger charge is 2.27. The molecule has 0 atom stereocenters. The molecule has 1 aliphatic heterocycles. The van der Waals surface area contributed by atoms with E-state index in [9.17, 15) is 18.0 Å². The molecule has 7 nitrogen and oxygen atoms in total. The van der Waals surface area contributed by atoms with Crippen molar-refractivity contribution < 1.29 is 22.7 Å². The lowest BCUT2D eigenvalue weighted by Crippen LogP contribution is -2.42. The summed E-state index contributed by atoms with van der Waals surface area (Å²) in [7, 11) is -2.03. The van der Waals surface area contributed by atoms with Crippen LogP contribution >= 0.6 is 0 Å². The largest absolute Gasteiger partial charge is 0.465 e. The van der Waals surface area contributed by atoms with Crippen molar-refractivity contribution in [3.8, 4) is 0 Å². The van der Waals surface area contributed by atoms with Gasteiger partial charge in [-0.2, -0.15) is 4.31 Å². The minimum absolute atomic E-state index is 0.0914. The fourth-order valence-corrected chi connectivity index (χ4v) is 3.73. The maximum atomic E-state index is 11.9. The van der Waals surface area contributed by atoms with Crippen molar-refractivity contribution in [3.63, 3.8) is 0 Å². The summed E-state index contributed by atoms with van der Waals surface area (Å²) < 4.78 is 29.4. The quantitative estimate of drug-likeness (QED) is 0.828. The molecular weight excluding hydrogens is 308 g/mol. The lowest BCUT2D eigenvalue weighted by atomic mass is 10.2. The van der Waals surface area contributed by atoms with Crippen LogP contribution in [0.25, 0.3) is 0 Å². The van der Waals surface area contributed by atoms with Gasteiger partial charge in [-0.3, -0.25) is 4.79 Å². The van der Waals surface area contributed by atoms with Crippen molar-refractivity contribution in [2.24, 2.45) is 0 Å². The molecule has 8 heteroatoms. The summed E-state index contributed by atoms with van der Waals surface area (Å²) in [4.78, 5) is 23.2. The number of benzene rings is 1. The van der Waals surface area contributed by atoms with Gasteiger partial charge in [0, 0.05) is 12.2 Å². The molecule has 0 aromatic heterocycles. The number of amides is 1. The Morgan fingerprint density at radius 1 is 1.23 bits per heavy atom. The number of ether oxygens (including phenoxy) is 1. The predicted molar refractivity (Wildman–Crippen MR) is 81.0 cm³/mol. The number of carbonyl (C=O) groups excluding carboxylic acids is 2. The number of sulfonamides is 1. The number of hydrogen-bond donors (Lipinski definition) is 1. The van der Waals surface area contributed by atoms with Gasteiger partial charge in [0.05, 0.1) is 25.0 Å². The van der Waals surface area contributed by atoms with Gasteiger partial charge in [-0.05, 0) is 37.1 Å². The number of methoxy groups -OCH3 is 1. The van der Waals surface area contributed by atoms with Gasteiger partial charge in [0.2, 0.25) is 15.9 Å². The molecule has 1 N–H and O–H groups in total. The SMILES string of the molecule is COC(=O)c1ccc(NC(=O)CN2CCCCS2(=O)=O)cc1. The van der Waals surface area contributed by atoms with Crippen LogP contribution in [0.1, 0.15) is 23.2 Å². The van der Waals surface area contributed by atoms with E-state index in [1.807, 2.05) is 0 Å². The monoisotopic (exact) mass is 326 g/mol. The van der Waals surface area contributed by atoms with Crippen molar-refractivity contribution in [3.05, 3.63) is 29.8 Å². The third-order valence-corrected chi connectivity index (χ3v) is 5.27. The van der Waals surface area contributed by atoms with E-state index in [0.29, 0.717) is 24.2 Å². The van der Waals surface area contributed by atoms with E-state index in [4.69, 9.17) is 0 Å². The zero-order valence-electron chi connectivity index (χ0n) is 12.2. The summed E-state index contributed by atoms with van der Waals surface area (Å²) in [5, 5.41) is 2.61. The Bertz CT molecular complexity index is 654. The summed E-state index contributed by atoms with van der Waals surface area (Å²) in [6.45, 7) is 0.179. The topological polar surface area (TPSA) is 92.8 Å². The third kappa shape index (κ3) is 4.05. The summed E-state index contributed by atoms with van der Waals surface area (Å²) in [6, 6.07) is 6.18. The molecule has 2 rings (SSSR count). The smallest absolute Gasteiger partial charge is 0.337 e. The first-order valence-electron chi connectivity index (χ1n) is 6.88. The van der Waals surface area contributed by atoms with E-state index >= 15 is 0 Å². The molecule has 1 saturated heterocycles. The summed E-state index contributed by atoms with van der Waals surface area (Å²) in [5.74, 6) is -0.776. The van der Waals surface area contributed by atoms with Crippen LogP contribution in [0, 0.1) is 0 Å². The lowest BCUT2D eigenvalue weighted by Gasteiger charge is -2.25. The molecule has 120 valence electrons. The van der Waals surface area contributed by atoms with E-state index in [1.165, 1.54) is 23.5 Å². The normalized spacial score (nSPS) is 17.7. The van der Waals surface area contributed by atoms with E-state index in [2.05, 4.69) is 10.1 Å². The first-order valence-corrected chi connectivity index (χ1v) is 8.49. The Hall–Kier alpha value is -1.93. The molecule has 0 aliphatic carbocycles. The highest BCUT2D eigenvalue weighted by Crippen LogP contribution is 2.14. The summed E-state index contributed by atoms with van der Waals surface area (Å²) in [6.07, 6.45) is 1.40. The molecule has 0 radical (unpaired) electrons. The van der Waals surface area contributed by atoms with Crippen molar-refractivity contribution in [1.29, 1.82) is 0 Å². The standard InChI is InChI=1S/C14H18N2O5S/c1-21-14(18)11-4-6-12(7-5-11)15-13(17)10-16-8-2-3-9-22(16,19)20/h4-7H,2-3,8-10H2,1H3,(H,15,17). The Balaban J connectivity index is 1.96. The van der Waals surface area contributed by atoms with E-state index in [0.717, 1.165) is 6.42 Å². The maximum Gasteiger partial charge on any atom is 0.337 e. The maximum absolute atomic E-state index is 11.9. The third-order valence-electron chi connectivity index (χ3n) is 3.36. The number of rotatable bonds is 4. The van der Waals surface area contributed by atoms with Crippen LogP contribution in [-0.2, 0) is 19.6 Å². The van der Waals surface area contributed by atoms with Gasteiger partial charge < -0.3 is 10.1 Å². The fourth-order valence-electron chi connectivity index (χ4n) is 2.19. The van der Waals surface area contributed by atoms with Gasteiger partial charge in [-0.15, -0.1) is 0 Å². The molecule has 1 fully saturated rings. The molecule has 0 unspecified atom stereocenters. The Morgan fingerprint density at radius 3 is 2.50 bits per heavy atom. The van der Waals surface area contributed by atoms with Crippen LogP contribution in [0.3, 0.4) is 0 Å². The average molecular weight is 326 g/mol. The van der Waals surface area contributed by atoms with Gasteiger partial charge in [0.1, 0.15) is 0 Å². The van der Waals surface area contributed by atoms with Gasteiger partial charge >= 0.3 is 5.97 Å². The molecule has 0 saturated carbocycles. The molecule has 0 bridgehead atoms. The van der Waals surface area contributed by atoms with Crippen LogP contribution in [0.15, 0.2) is 24.3 Å². The van der Waals surface area contributed by atoms with Crippen molar-refractivity contribution in [1.82, 2.24) is 4.31 Å². The minimum Gasteiger partial charge on any atom is -0.465 e. The van der Waals surface area contributed by atoms with Gasteiger partial charge in [0.15, 0.2) is 0 Å². The second-order valence-corrected chi connectivity index (χ2v) is 7.06. The van der Waals surface area contributed by atoms with Crippen LogP contribution in [-0.4, -0.2) is 50.6 Å². The van der Waals surface area contributed by atoms with Crippen LogP contribution < -0.4 is 5.32 Å². The van der Waals surface area contributed by atoms with Crippen molar-refractivity contribution in [2.45, 2.75) is 12.8 Å². The Labute approximate surface area is 129 Å². The number of anilines is 1. The number of carbonyl (C=O) groups is 2. The zero-order valence-corrected chi connectivity index (χ0v) is 13.1. The predicted octanol–water partition coefficient (Wildman–Crippen LogP) is 0.837. The van der Waals surface area contributed by atoms with E-state index in [-0.39, 0.29) is 12.3 Å². The lowest BCUT2D eigenvalue weighted by molar-refractivity contribution is -0.116. The first-order chi connectivity index (χ1) is 10.4. The zero-order chi connectivity index (χ0) is 16.2. The summed E-state index contributed by atoms with van der Waals surface area (Å²) >= 11 is 0. The molecule has 1 heterocycles. The van der Waals surface area contributed by atoms with Crippen LogP contribution in [0.4, 0.5) is 5.69 Å². The van der Waals surface area contributed by atoms with Crippen LogP contribution in [0.5, 0.6) is 0 Å². The van der Waals surface area contributed by atoms with E-state index < -0.39 is 21.9 Å². The number of esters is 1. The number of hydrogen-bond acceptors (Lipinski definition) is 5. The van der Waals surface area contributed by atoms with Gasteiger partial charge in [-0.1, -0.05) is 0 Å². The van der Waals surface area contributed by atoms with Crippen molar-refractivity contribution >= 4 is 27.6 Å². The molecule has 1 aromatic rings. The Morgan fingerprint density at radius 2 is 1.91 bits per heavy atom. The highest BCUT2D eigenvalue weighted by atomic mass is 32.2. The minimum atomic E-state index is -3.32. The van der Waals surface area contributed by atoms with E-state index in [1.54, 1.807) is 12.1 Å². The molecule has 1 aliphatic rings. The molecular formula is C14H18N2O5S. The Kier molecular flexibility index (Phi) is 5.15. The summed E-state index contributed by atoms with van der Waals surface area (Å²) in [5.41, 5.74) is 0.867. The fraction of sp³-hybridized carbons (Fsp3) is 0.429. The van der Waals surface area contributed by atoms with Crippen LogP contribution in [0.2, 0.25) is 0 Å². The molecule has 1 amide bonds. The first kappa shape index (κ1) is 16.4. The van der Waals surface area contributed by atoms with Gasteiger partial charge in [-0.25, -0.2) is 13.2 Å². The average Bonchev–Trinajstić information content (AvgIpc) is 2.49. The number of nitrogens with zero attached hydrogens (tertiary/aromatic N) is 1. The van der Waals surface area contributed by atoms with Gasteiger partial charge in [0.25, 0.3) is 0 Å². The second-order valence-electron chi connectivity index (χ2n) is 4.97. The molecule has 1 aromatic carbocycles. The highest BCUT2D eigenvalue weighted by molar-refractivity contribution is 7.89. The second kappa shape index (κ2) is 6.89. The van der Waals surface area contributed by atoms with Crippen molar-refractivity contribution in [2.75, 3.05) is 31.3 Å². The number of nitrogens with one attached hydrogen (secondary N) is 1. The molecule has 22 heavy (non-hydrogen) atoms.